The second-order valence-electron chi connectivity index (χ2n) is 5.39. The molecule has 0 spiro atoms. The first kappa shape index (κ1) is 15.4. The SMILES string of the molecule is C[C@@H]1CCCC[C@H]1NC(=O)COC(=O)/C=C/c1ccco1. The number of carbonyl (C=O) groups is 2. The lowest BCUT2D eigenvalue weighted by atomic mass is 9.86. The van der Waals surface area contributed by atoms with Crippen molar-refractivity contribution in [2.24, 2.45) is 5.92 Å². The number of esters is 1. The van der Waals surface area contributed by atoms with Crippen molar-refractivity contribution in [1.29, 1.82) is 0 Å². The Hall–Kier alpha value is -2.04. The predicted molar refractivity (Wildman–Crippen MR) is 78.3 cm³/mol. The van der Waals surface area contributed by atoms with E-state index in [-0.39, 0.29) is 18.6 Å². The van der Waals surface area contributed by atoms with E-state index >= 15 is 0 Å². The molecule has 1 aliphatic rings. The second kappa shape index (κ2) is 7.67. The van der Waals surface area contributed by atoms with E-state index in [1.807, 2.05) is 0 Å². The molecule has 1 fully saturated rings. The molecule has 1 heterocycles. The fraction of sp³-hybridized carbons (Fsp3) is 0.500. The van der Waals surface area contributed by atoms with E-state index in [9.17, 15) is 9.59 Å². The Kier molecular flexibility index (Phi) is 5.60. The molecule has 5 nitrogen and oxygen atoms in total. The van der Waals surface area contributed by atoms with Crippen molar-refractivity contribution in [3.63, 3.8) is 0 Å². The highest BCUT2D eigenvalue weighted by Crippen LogP contribution is 2.23. The molecule has 2 atom stereocenters. The lowest BCUT2D eigenvalue weighted by Crippen LogP contribution is -2.42. The monoisotopic (exact) mass is 291 g/mol. The van der Waals surface area contributed by atoms with Gasteiger partial charge in [-0.1, -0.05) is 19.8 Å². The molecule has 0 unspecified atom stereocenters. The molecule has 1 saturated carbocycles. The van der Waals surface area contributed by atoms with Crippen molar-refractivity contribution in [3.8, 4) is 0 Å². The Bertz CT molecular complexity index is 492. The second-order valence-corrected chi connectivity index (χ2v) is 5.39. The van der Waals surface area contributed by atoms with Crippen molar-refractivity contribution in [1.82, 2.24) is 5.32 Å². The van der Waals surface area contributed by atoms with Crippen LogP contribution in [0.25, 0.3) is 6.08 Å². The molecule has 0 radical (unpaired) electrons. The lowest BCUT2D eigenvalue weighted by molar-refractivity contribution is -0.144. The van der Waals surface area contributed by atoms with Crippen LogP contribution in [0.5, 0.6) is 0 Å². The Morgan fingerprint density at radius 2 is 2.24 bits per heavy atom. The highest BCUT2D eigenvalue weighted by molar-refractivity contribution is 5.88. The van der Waals surface area contributed by atoms with Gasteiger partial charge in [-0.2, -0.15) is 0 Å². The summed E-state index contributed by atoms with van der Waals surface area (Å²) in [5.74, 6) is 0.247. The normalized spacial score (nSPS) is 22.1. The molecule has 1 aromatic rings. The number of amides is 1. The maximum Gasteiger partial charge on any atom is 0.331 e. The van der Waals surface area contributed by atoms with Gasteiger partial charge in [0.25, 0.3) is 5.91 Å². The van der Waals surface area contributed by atoms with Crippen LogP contribution in [-0.2, 0) is 14.3 Å². The number of hydrogen-bond donors (Lipinski definition) is 1. The Morgan fingerprint density at radius 1 is 1.43 bits per heavy atom. The standard InChI is InChI=1S/C16H21NO4/c1-12-5-2-3-7-14(12)17-15(18)11-21-16(19)9-8-13-6-4-10-20-13/h4,6,8-10,12,14H,2-3,5,7,11H2,1H3,(H,17,18)/b9-8+/t12-,14-/m1/s1. The topological polar surface area (TPSA) is 68.5 Å². The summed E-state index contributed by atoms with van der Waals surface area (Å²) in [5.41, 5.74) is 0. The zero-order valence-electron chi connectivity index (χ0n) is 12.2. The van der Waals surface area contributed by atoms with Crippen molar-refractivity contribution >= 4 is 18.0 Å². The van der Waals surface area contributed by atoms with Crippen LogP contribution in [0.2, 0.25) is 0 Å². The van der Waals surface area contributed by atoms with Gasteiger partial charge in [-0.25, -0.2) is 4.79 Å². The molecule has 114 valence electrons. The minimum atomic E-state index is -0.557. The van der Waals surface area contributed by atoms with Crippen LogP contribution in [0.4, 0.5) is 0 Å². The summed E-state index contributed by atoms with van der Waals surface area (Å²) in [6.45, 7) is 1.90. The summed E-state index contributed by atoms with van der Waals surface area (Å²) in [4.78, 5) is 23.2. The molecular formula is C16H21NO4. The van der Waals surface area contributed by atoms with E-state index in [0.717, 1.165) is 19.3 Å². The Balaban J connectivity index is 1.69. The molecule has 1 N–H and O–H groups in total. The largest absolute Gasteiger partial charge is 0.465 e. The molecule has 2 rings (SSSR count). The minimum absolute atomic E-state index is 0.198. The number of hydrogen-bond acceptors (Lipinski definition) is 4. The first-order chi connectivity index (χ1) is 10.1. The smallest absolute Gasteiger partial charge is 0.331 e. The number of rotatable bonds is 5. The molecule has 0 aromatic carbocycles. The van der Waals surface area contributed by atoms with E-state index in [4.69, 9.17) is 9.15 Å². The fourth-order valence-corrected chi connectivity index (χ4v) is 2.50. The van der Waals surface area contributed by atoms with E-state index in [1.54, 1.807) is 12.1 Å². The molecular weight excluding hydrogens is 270 g/mol. The summed E-state index contributed by atoms with van der Waals surface area (Å²) in [5, 5.41) is 2.93. The van der Waals surface area contributed by atoms with Gasteiger partial charge in [-0.3, -0.25) is 4.79 Å². The molecule has 21 heavy (non-hydrogen) atoms. The van der Waals surface area contributed by atoms with Crippen LogP contribution in [0, 0.1) is 5.92 Å². The van der Waals surface area contributed by atoms with Crippen molar-refractivity contribution in [2.75, 3.05) is 6.61 Å². The van der Waals surface area contributed by atoms with Crippen LogP contribution in [0.1, 0.15) is 38.4 Å². The Morgan fingerprint density at radius 3 is 2.95 bits per heavy atom. The van der Waals surface area contributed by atoms with Gasteiger partial charge < -0.3 is 14.5 Å². The van der Waals surface area contributed by atoms with Crippen LogP contribution in [0.3, 0.4) is 0 Å². The van der Waals surface area contributed by atoms with E-state index in [2.05, 4.69) is 12.2 Å². The van der Waals surface area contributed by atoms with Gasteiger partial charge in [0.15, 0.2) is 6.61 Å². The lowest BCUT2D eigenvalue weighted by Gasteiger charge is -2.29. The summed E-state index contributed by atoms with van der Waals surface area (Å²) in [7, 11) is 0. The number of ether oxygens (including phenoxy) is 1. The molecule has 1 aromatic heterocycles. The van der Waals surface area contributed by atoms with Gasteiger partial charge in [0.2, 0.25) is 0 Å². The van der Waals surface area contributed by atoms with Gasteiger partial charge in [0.1, 0.15) is 5.76 Å². The van der Waals surface area contributed by atoms with E-state index in [1.165, 1.54) is 24.8 Å². The fourth-order valence-electron chi connectivity index (χ4n) is 2.50. The predicted octanol–water partition coefficient (Wildman–Crippen LogP) is 2.53. The maximum absolute atomic E-state index is 11.8. The van der Waals surface area contributed by atoms with Crippen LogP contribution in [0.15, 0.2) is 28.9 Å². The highest BCUT2D eigenvalue weighted by atomic mass is 16.5. The molecule has 0 bridgehead atoms. The third-order valence-corrected chi connectivity index (χ3v) is 3.73. The molecule has 1 amide bonds. The van der Waals surface area contributed by atoms with Crippen molar-refractivity contribution < 1.29 is 18.7 Å². The molecule has 5 heteroatoms. The average Bonchev–Trinajstić information content (AvgIpc) is 2.99. The zero-order valence-corrected chi connectivity index (χ0v) is 12.2. The highest BCUT2D eigenvalue weighted by Gasteiger charge is 2.22. The number of furan rings is 1. The molecule has 1 aliphatic carbocycles. The van der Waals surface area contributed by atoms with Gasteiger partial charge >= 0.3 is 5.97 Å². The summed E-state index contributed by atoms with van der Waals surface area (Å²) < 4.78 is 9.95. The minimum Gasteiger partial charge on any atom is -0.465 e. The number of carbonyl (C=O) groups excluding carboxylic acids is 2. The quantitative estimate of drug-likeness (QED) is 0.668. The zero-order chi connectivity index (χ0) is 15.1. The maximum atomic E-state index is 11.8. The van der Waals surface area contributed by atoms with Crippen LogP contribution < -0.4 is 5.32 Å². The third-order valence-electron chi connectivity index (χ3n) is 3.73. The third kappa shape index (κ3) is 5.10. The van der Waals surface area contributed by atoms with Gasteiger partial charge in [-0.15, -0.1) is 0 Å². The van der Waals surface area contributed by atoms with E-state index in [0.29, 0.717) is 11.7 Å². The van der Waals surface area contributed by atoms with Crippen molar-refractivity contribution in [2.45, 2.75) is 38.6 Å². The summed E-state index contributed by atoms with van der Waals surface area (Å²) >= 11 is 0. The number of nitrogens with one attached hydrogen (secondary N) is 1. The molecule has 0 aliphatic heterocycles. The van der Waals surface area contributed by atoms with Gasteiger partial charge in [-0.05, 0) is 37.0 Å². The van der Waals surface area contributed by atoms with Gasteiger partial charge in [0, 0.05) is 12.1 Å². The first-order valence-electron chi connectivity index (χ1n) is 7.33. The van der Waals surface area contributed by atoms with Crippen LogP contribution >= 0.6 is 0 Å². The first-order valence-corrected chi connectivity index (χ1v) is 7.33. The molecule has 0 saturated heterocycles. The van der Waals surface area contributed by atoms with E-state index < -0.39 is 5.97 Å². The van der Waals surface area contributed by atoms with Crippen LogP contribution in [-0.4, -0.2) is 24.5 Å². The average molecular weight is 291 g/mol. The summed E-state index contributed by atoms with van der Waals surface area (Å²) in [6, 6.07) is 3.65. The van der Waals surface area contributed by atoms with Crippen molar-refractivity contribution in [3.05, 3.63) is 30.2 Å². The Labute approximate surface area is 124 Å². The van der Waals surface area contributed by atoms with Gasteiger partial charge in [0.05, 0.1) is 6.26 Å². The summed E-state index contributed by atoms with van der Waals surface area (Å²) in [6.07, 6.45) is 8.76.